The van der Waals surface area contributed by atoms with Gasteiger partial charge in [0, 0.05) is 70.2 Å². The molecule has 0 bridgehead atoms. The molecule has 8 nitrogen and oxygen atoms in total. The van der Waals surface area contributed by atoms with Crippen LogP contribution in [0.2, 0.25) is 5.02 Å². The van der Waals surface area contributed by atoms with Crippen molar-refractivity contribution in [3.63, 3.8) is 0 Å². The highest BCUT2D eigenvalue weighted by Gasteiger charge is 2.22. The number of rotatable bonds is 7. The molecule has 3 rings (SSSR count). The highest BCUT2D eigenvalue weighted by molar-refractivity contribution is 14.0. The molecule has 1 N–H and O–H groups in total. The molecule has 0 saturated carbocycles. The molecular formula is C22H31ClIN7O. The van der Waals surface area contributed by atoms with Gasteiger partial charge < -0.3 is 20.0 Å². The zero-order valence-electron chi connectivity index (χ0n) is 18.6. The van der Waals surface area contributed by atoms with Crippen LogP contribution in [0, 0.1) is 0 Å². The zero-order valence-corrected chi connectivity index (χ0v) is 21.7. The average Bonchev–Trinajstić information content (AvgIpc) is 2.80. The smallest absolute Gasteiger partial charge is 0.225 e. The van der Waals surface area contributed by atoms with Crippen molar-refractivity contribution < 1.29 is 4.79 Å². The van der Waals surface area contributed by atoms with E-state index >= 15 is 0 Å². The van der Waals surface area contributed by atoms with Crippen molar-refractivity contribution in [2.24, 2.45) is 4.99 Å². The monoisotopic (exact) mass is 571 g/mol. The van der Waals surface area contributed by atoms with E-state index in [1.807, 2.05) is 43.1 Å². The Kier molecular flexibility index (Phi) is 10.9. The average molecular weight is 572 g/mol. The molecule has 1 aromatic carbocycles. The minimum absolute atomic E-state index is 0. The lowest BCUT2D eigenvalue weighted by Crippen LogP contribution is -2.49. The van der Waals surface area contributed by atoms with Crippen molar-refractivity contribution in [1.29, 1.82) is 0 Å². The van der Waals surface area contributed by atoms with E-state index in [0.29, 0.717) is 32.6 Å². The number of hydrogen-bond acceptors (Lipinski definition) is 5. The number of piperazine rings is 1. The van der Waals surface area contributed by atoms with E-state index < -0.39 is 0 Å². The number of carbonyl (C=O) groups excluding carboxylic acids is 1. The molecule has 1 aliphatic heterocycles. The molecular weight excluding hydrogens is 541 g/mol. The molecule has 1 amide bonds. The number of benzene rings is 1. The summed E-state index contributed by atoms with van der Waals surface area (Å²) in [5, 5.41) is 4.02. The molecule has 174 valence electrons. The molecule has 2 heterocycles. The Morgan fingerprint density at radius 1 is 1.16 bits per heavy atom. The summed E-state index contributed by atoms with van der Waals surface area (Å²) in [5.41, 5.74) is 1.15. The Labute approximate surface area is 212 Å². The Morgan fingerprint density at radius 2 is 1.81 bits per heavy atom. The number of carbonyl (C=O) groups is 1. The Bertz CT molecular complexity index is 858. The second kappa shape index (κ2) is 13.4. The number of aliphatic imine (C=N–C) groups is 1. The summed E-state index contributed by atoms with van der Waals surface area (Å²) in [6.45, 7) is 6.80. The van der Waals surface area contributed by atoms with E-state index in [4.69, 9.17) is 11.6 Å². The highest BCUT2D eigenvalue weighted by atomic mass is 127. The first-order valence-electron chi connectivity index (χ1n) is 10.6. The van der Waals surface area contributed by atoms with Gasteiger partial charge in [-0.3, -0.25) is 9.79 Å². The van der Waals surface area contributed by atoms with Crippen LogP contribution in [0.25, 0.3) is 0 Å². The molecule has 1 aliphatic rings. The molecule has 0 spiro atoms. The molecule has 32 heavy (non-hydrogen) atoms. The van der Waals surface area contributed by atoms with Gasteiger partial charge in [-0.05, 0) is 30.7 Å². The van der Waals surface area contributed by atoms with Crippen LogP contribution in [-0.4, -0.2) is 78.0 Å². The van der Waals surface area contributed by atoms with Gasteiger partial charge in [0.2, 0.25) is 11.9 Å². The topological polar surface area (TPSA) is 77.0 Å². The van der Waals surface area contributed by atoms with Crippen molar-refractivity contribution in [3.05, 3.63) is 53.3 Å². The summed E-state index contributed by atoms with van der Waals surface area (Å²) in [6, 6.07) is 9.59. The summed E-state index contributed by atoms with van der Waals surface area (Å²) in [5.74, 6) is 1.64. The number of nitrogens with one attached hydrogen (secondary N) is 1. The first-order valence-corrected chi connectivity index (χ1v) is 11.0. The van der Waals surface area contributed by atoms with E-state index in [1.165, 1.54) is 0 Å². The van der Waals surface area contributed by atoms with E-state index in [9.17, 15) is 4.79 Å². The Morgan fingerprint density at radius 3 is 2.44 bits per heavy atom. The Balaban J connectivity index is 0.00000363. The standard InChI is InChI=1S/C22H30ClN7O.HI/c1-3-24-21(28(2)17-18-5-7-19(23)8-6-18)27-12-9-20(31)29-13-15-30(16-14-29)22-25-10-4-11-26-22;/h4-8,10-11H,3,9,12-17H2,1-2H3,(H,24,27);1H. The molecule has 10 heteroatoms. The van der Waals surface area contributed by atoms with Crippen molar-refractivity contribution in [2.45, 2.75) is 19.9 Å². The van der Waals surface area contributed by atoms with Crippen molar-refractivity contribution in [3.8, 4) is 0 Å². The van der Waals surface area contributed by atoms with Crippen LogP contribution >= 0.6 is 35.6 Å². The molecule has 1 fully saturated rings. The lowest BCUT2D eigenvalue weighted by atomic mass is 10.2. The van der Waals surface area contributed by atoms with Gasteiger partial charge in [-0.2, -0.15) is 0 Å². The number of amides is 1. The van der Waals surface area contributed by atoms with E-state index in [2.05, 4.69) is 30.1 Å². The molecule has 0 unspecified atom stereocenters. The fourth-order valence-electron chi connectivity index (χ4n) is 3.43. The molecule has 2 aromatic rings. The molecule has 0 atom stereocenters. The lowest BCUT2D eigenvalue weighted by Gasteiger charge is -2.34. The second-order valence-corrected chi connectivity index (χ2v) is 7.82. The fourth-order valence-corrected chi connectivity index (χ4v) is 3.56. The van der Waals surface area contributed by atoms with Crippen LogP contribution in [-0.2, 0) is 11.3 Å². The van der Waals surface area contributed by atoms with E-state index in [1.54, 1.807) is 18.5 Å². The minimum Gasteiger partial charge on any atom is -0.357 e. The normalized spacial score (nSPS) is 14.0. The van der Waals surface area contributed by atoms with Gasteiger partial charge in [0.25, 0.3) is 0 Å². The maximum atomic E-state index is 12.6. The number of hydrogen-bond donors (Lipinski definition) is 1. The SMILES string of the molecule is CCNC(=NCCC(=O)N1CCN(c2ncccn2)CC1)N(C)Cc1ccc(Cl)cc1.I. The fraction of sp³-hybridized carbons (Fsp3) is 0.455. The van der Waals surface area contributed by atoms with Gasteiger partial charge in [0.15, 0.2) is 5.96 Å². The van der Waals surface area contributed by atoms with Crippen LogP contribution < -0.4 is 10.2 Å². The predicted molar refractivity (Wildman–Crippen MR) is 140 cm³/mol. The quantitative estimate of drug-likeness (QED) is 0.313. The number of aromatic nitrogens is 2. The first kappa shape index (κ1) is 26.1. The molecule has 1 saturated heterocycles. The summed E-state index contributed by atoms with van der Waals surface area (Å²) in [6.07, 6.45) is 3.87. The van der Waals surface area contributed by atoms with Gasteiger partial charge in [-0.1, -0.05) is 23.7 Å². The number of anilines is 1. The largest absolute Gasteiger partial charge is 0.357 e. The molecule has 1 aromatic heterocycles. The maximum absolute atomic E-state index is 12.6. The van der Waals surface area contributed by atoms with E-state index in [-0.39, 0.29) is 29.9 Å². The number of guanidine groups is 1. The van der Waals surface area contributed by atoms with E-state index in [0.717, 1.165) is 42.1 Å². The lowest BCUT2D eigenvalue weighted by molar-refractivity contribution is -0.131. The number of nitrogens with zero attached hydrogens (tertiary/aromatic N) is 6. The van der Waals surface area contributed by atoms with Crippen molar-refractivity contribution in [1.82, 2.24) is 25.1 Å². The summed E-state index contributed by atoms with van der Waals surface area (Å²) >= 11 is 5.97. The minimum atomic E-state index is 0. The van der Waals surface area contributed by atoms with Gasteiger partial charge in [0.05, 0.1) is 6.54 Å². The third-order valence-corrected chi connectivity index (χ3v) is 5.34. The summed E-state index contributed by atoms with van der Waals surface area (Å²) in [7, 11) is 1.99. The van der Waals surface area contributed by atoms with Gasteiger partial charge in [-0.25, -0.2) is 9.97 Å². The van der Waals surface area contributed by atoms with Gasteiger partial charge in [0.1, 0.15) is 0 Å². The summed E-state index contributed by atoms with van der Waals surface area (Å²) in [4.78, 5) is 31.9. The second-order valence-electron chi connectivity index (χ2n) is 7.38. The van der Waals surface area contributed by atoms with Crippen LogP contribution in [0.1, 0.15) is 18.9 Å². The van der Waals surface area contributed by atoms with Crippen LogP contribution in [0.3, 0.4) is 0 Å². The maximum Gasteiger partial charge on any atom is 0.225 e. The molecule has 0 radical (unpaired) electrons. The van der Waals surface area contributed by atoms with Crippen LogP contribution in [0.5, 0.6) is 0 Å². The third kappa shape index (κ3) is 7.77. The van der Waals surface area contributed by atoms with Crippen molar-refractivity contribution >= 4 is 53.4 Å². The van der Waals surface area contributed by atoms with Gasteiger partial charge in [-0.15, -0.1) is 24.0 Å². The number of halogens is 2. The predicted octanol–water partition coefficient (Wildman–Crippen LogP) is 2.88. The third-order valence-electron chi connectivity index (χ3n) is 5.08. The van der Waals surface area contributed by atoms with Gasteiger partial charge >= 0.3 is 0 Å². The zero-order chi connectivity index (χ0) is 22.1. The van der Waals surface area contributed by atoms with Crippen LogP contribution in [0.4, 0.5) is 5.95 Å². The first-order chi connectivity index (χ1) is 15.1. The molecule has 0 aliphatic carbocycles. The van der Waals surface area contributed by atoms with Crippen molar-refractivity contribution in [2.75, 3.05) is 51.2 Å². The highest BCUT2D eigenvalue weighted by Crippen LogP contribution is 2.12. The van der Waals surface area contributed by atoms with Crippen LogP contribution in [0.15, 0.2) is 47.7 Å². The Hall–Kier alpha value is -2.14. The summed E-state index contributed by atoms with van der Waals surface area (Å²) < 4.78 is 0.